The number of likely N-dealkylation sites (tertiary alicyclic amines) is 1. The summed E-state index contributed by atoms with van der Waals surface area (Å²) in [4.78, 5) is 14.4. The molecular formula is C16H21N5O. The molecule has 1 N–H and O–H groups in total. The van der Waals surface area contributed by atoms with Crippen molar-refractivity contribution in [2.75, 3.05) is 6.54 Å². The Labute approximate surface area is 130 Å². The first-order valence-corrected chi connectivity index (χ1v) is 7.54. The zero-order valence-corrected chi connectivity index (χ0v) is 13.1. The van der Waals surface area contributed by atoms with Crippen LogP contribution in [0, 0.1) is 5.92 Å². The predicted octanol–water partition coefficient (Wildman–Crippen LogP) is 2.28. The van der Waals surface area contributed by atoms with Gasteiger partial charge in [0.05, 0.1) is 12.1 Å². The maximum absolute atomic E-state index is 12.5. The Morgan fingerprint density at radius 2 is 2.09 bits per heavy atom. The summed E-state index contributed by atoms with van der Waals surface area (Å²) < 4.78 is 1.82. The molecule has 3 atom stereocenters. The predicted molar refractivity (Wildman–Crippen MR) is 83.0 cm³/mol. The minimum atomic E-state index is -0.174. The Bertz CT molecular complexity index is 654. The van der Waals surface area contributed by atoms with Crippen LogP contribution in [0.25, 0.3) is 0 Å². The van der Waals surface area contributed by atoms with Crippen LogP contribution in [0.2, 0.25) is 0 Å². The van der Waals surface area contributed by atoms with Gasteiger partial charge in [0.1, 0.15) is 6.33 Å². The average molecular weight is 299 g/mol. The fraction of sp³-hybridized carbons (Fsp3) is 0.438. The number of hydrogen-bond acceptors (Lipinski definition) is 3. The van der Waals surface area contributed by atoms with Crippen LogP contribution >= 0.6 is 0 Å². The molecule has 1 aromatic heterocycles. The Balaban J connectivity index is 1.69. The maximum atomic E-state index is 12.5. The highest BCUT2D eigenvalue weighted by Gasteiger charge is 2.40. The largest absolute Gasteiger partial charge is 0.328 e. The van der Waals surface area contributed by atoms with Crippen molar-refractivity contribution in [3.05, 3.63) is 48.0 Å². The molecule has 0 aliphatic carbocycles. The molecule has 0 saturated carbocycles. The summed E-state index contributed by atoms with van der Waals surface area (Å²) in [5.41, 5.74) is 1.18. The molecule has 2 aromatic rings. The molecule has 6 heteroatoms. The monoisotopic (exact) mass is 299 g/mol. The van der Waals surface area contributed by atoms with E-state index in [1.807, 2.05) is 41.6 Å². The van der Waals surface area contributed by atoms with E-state index in [9.17, 15) is 4.79 Å². The van der Waals surface area contributed by atoms with Crippen molar-refractivity contribution in [1.82, 2.24) is 25.0 Å². The van der Waals surface area contributed by atoms with E-state index < -0.39 is 0 Å². The summed E-state index contributed by atoms with van der Waals surface area (Å²) in [6.07, 6.45) is 1.64. The van der Waals surface area contributed by atoms with Crippen molar-refractivity contribution in [1.29, 1.82) is 0 Å². The molecule has 6 nitrogen and oxygen atoms in total. The van der Waals surface area contributed by atoms with Crippen LogP contribution < -0.4 is 5.32 Å². The second-order valence-electron chi connectivity index (χ2n) is 5.96. The Morgan fingerprint density at radius 1 is 1.36 bits per heavy atom. The molecule has 0 radical (unpaired) electrons. The second kappa shape index (κ2) is 5.79. The SMILES string of the molecule is C[C@H](NC(=O)N1C[C@H](C)[C@@H]1c1ccccc1)c1nncn1C. The molecule has 2 heterocycles. The lowest BCUT2D eigenvalue weighted by Gasteiger charge is -2.47. The van der Waals surface area contributed by atoms with E-state index in [2.05, 4.69) is 34.6 Å². The van der Waals surface area contributed by atoms with Crippen molar-refractivity contribution in [3.8, 4) is 0 Å². The number of urea groups is 1. The molecule has 1 saturated heterocycles. The highest BCUT2D eigenvalue weighted by atomic mass is 16.2. The Morgan fingerprint density at radius 3 is 2.68 bits per heavy atom. The number of nitrogens with zero attached hydrogens (tertiary/aromatic N) is 4. The molecule has 0 unspecified atom stereocenters. The van der Waals surface area contributed by atoms with E-state index in [0.717, 1.165) is 12.4 Å². The third-order valence-electron chi connectivity index (χ3n) is 4.24. The molecule has 1 aromatic carbocycles. The van der Waals surface area contributed by atoms with Gasteiger partial charge in [0.25, 0.3) is 0 Å². The van der Waals surface area contributed by atoms with E-state index in [1.165, 1.54) is 5.56 Å². The maximum Gasteiger partial charge on any atom is 0.318 e. The molecule has 1 aliphatic rings. The number of carbonyl (C=O) groups excluding carboxylic acids is 1. The van der Waals surface area contributed by atoms with Gasteiger partial charge in [-0.3, -0.25) is 0 Å². The van der Waals surface area contributed by atoms with Crippen molar-refractivity contribution in [2.24, 2.45) is 13.0 Å². The van der Waals surface area contributed by atoms with Crippen LogP contribution in [0.4, 0.5) is 4.79 Å². The number of benzene rings is 1. The summed E-state index contributed by atoms with van der Waals surface area (Å²) in [6.45, 7) is 4.87. The minimum Gasteiger partial charge on any atom is -0.328 e. The van der Waals surface area contributed by atoms with Gasteiger partial charge in [-0.1, -0.05) is 37.3 Å². The van der Waals surface area contributed by atoms with Crippen molar-refractivity contribution >= 4 is 6.03 Å². The van der Waals surface area contributed by atoms with Gasteiger partial charge in [-0.05, 0) is 18.4 Å². The molecule has 1 aliphatic heterocycles. The third kappa shape index (κ3) is 2.56. The molecule has 3 rings (SSSR count). The van der Waals surface area contributed by atoms with Gasteiger partial charge in [0.2, 0.25) is 0 Å². The average Bonchev–Trinajstić information content (AvgIpc) is 2.91. The highest BCUT2D eigenvalue weighted by molar-refractivity contribution is 5.76. The van der Waals surface area contributed by atoms with Gasteiger partial charge in [-0.15, -0.1) is 10.2 Å². The number of hydrogen-bond donors (Lipinski definition) is 1. The summed E-state index contributed by atoms with van der Waals surface area (Å²) in [7, 11) is 1.87. The fourth-order valence-corrected chi connectivity index (χ4v) is 3.08. The van der Waals surface area contributed by atoms with Crippen LogP contribution in [0.1, 0.15) is 37.3 Å². The molecule has 0 spiro atoms. The molecular weight excluding hydrogens is 278 g/mol. The molecule has 22 heavy (non-hydrogen) atoms. The number of rotatable bonds is 3. The van der Waals surface area contributed by atoms with Crippen LogP contribution in [0.5, 0.6) is 0 Å². The van der Waals surface area contributed by atoms with Crippen LogP contribution in [-0.2, 0) is 7.05 Å². The fourth-order valence-electron chi connectivity index (χ4n) is 3.08. The van der Waals surface area contributed by atoms with Gasteiger partial charge in [-0.25, -0.2) is 4.79 Å². The number of nitrogens with one attached hydrogen (secondary N) is 1. The van der Waals surface area contributed by atoms with Crippen molar-refractivity contribution in [2.45, 2.75) is 25.9 Å². The van der Waals surface area contributed by atoms with Gasteiger partial charge in [0.15, 0.2) is 5.82 Å². The zero-order valence-electron chi connectivity index (χ0n) is 13.1. The van der Waals surface area contributed by atoms with Crippen LogP contribution in [-0.4, -0.2) is 32.2 Å². The minimum absolute atomic E-state index is 0.0533. The summed E-state index contributed by atoms with van der Waals surface area (Å²) in [6, 6.07) is 10.1. The van der Waals surface area contributed by atoms with Gasteiger partial charge < -0.3 is 14.8 Å². The quantitative estimate of drug-likeness (QED) is 0.945. The van der Waals surface area contributed by atoms with Crippen molar-refractivity contribution < 1.29 is 4.79 Å². The second-order valence-corrected chi connectivity index (χ2v) is 5.96. The van der Waals surface area contributed by atoms with E-state index in [4.69, 9.17) is 0 Å². The third-order valence-corrected chi connectivity index (χ3v) is 4.24. The topological polar surface area (TPSA) is 63.1 Å². The normalized spacial score (nSPS) is 22.0. The van der Waals surface area contributed by atoms with Gasteiger partial charge in [0, 0.05) is 13.6 Å². The van der Waals surface area contributed by atoms with Crippen LogP contribution in [0.15, 0.2) is 36.7 Å². The van der Waals surface area contributed by atoms with Crippen LogP contribution in [0.3, 0.4) is 0 Å². The standard InChI is InChI=1S/C16H21N5O/c1-11-9-21(14(11)13-7-5-4-6-8-13)16(22)18-12(2)15-19-17-10-20(15)3/h4-8,10-12,14H,9H2,1-3H3,(H,18,22)/t11-,12-,14+/m0/s1. The first-order valence-electron chi connectivity index (χ1n) is 7.54. The summed E-state index contributed by atoms with van der Waals surface area (Å²) in [5, 5.41) is 10.9. The van der Waals surface area contributed by atoms with Gasteiger partial charge in [-0.2, -0.15) is 0 Å². The molecule has 1 fully saturated rings. The first-order chi connectivity index (χ1) is 10.6. The number of carbonyl (C=O) groups is 1. The zero-order chi connectivity index (χ0) is 15.7. The number of amides is 2. The Kier molecular flexibility index (Phi) is 3.83. The lowest BCUT2D eigenvalue weighted by atomic mass is 9.85. The first kappa shape index (κ1) is 14.6. The lowest BCUT2D eigenvalue weighted by Crippen LogP contribution is -2.55. The highest BCUT2D eigenvalue weighted by Crippen LogP contribution is 2.38. The van der Waals surface area contributed by atoms with E-state index in [1.54, 1.807) is 6.33 Å². The summed E-state index contributed by atoms with van der Waals surface area (Å²) in [5.74, 6) is 1.22. The lowest BCUT2D eigenvalue weighted by molar-refractivity contribution is 0.0577. The van der Waals surface area contributed by atoms with Gasteiger partial charge >= 0.3 is 6.03 Å². The molecule has 2 amide bonds. The molecule has 0 bridgehead atoms. The van der Waals surface area contributed by atoms with Crippen molar-refractivity contribution in [3.63, 3.8) is 0 Å². The van der Waals surface area contributed by atoms with E-state index in [0.29, 0.717) is 5.92 Å². The Hall–Kier alpha value is -2.37. The smallest absolute Gasteiger partial charge is 0.318 e. The molecule has 116 valence electrons. The number of aromatic nitrogens is 3. The van der Waals surface area contributed by atoms with E-state index >= 15 is 0 Å². The summed E-state index contributed by atoms with van der Waals surface area (Å²) >= 11 is 0. The number of aryl methyl sites for hydroxylation is 1. The van der Waals surface area contributed by atoms with E-state index in [-0.39, 0.29) is 18.1 Å².